The molecule has 1 saturated heterocycles. The van der Waals surface area contributed by atoms with E-state index in [4.69, 9.17) is 32.7 Å². The van der Waals surface area contributed by atoms with Gasteiger partial charge in [0.25, 0.3) is 0 Å². The number of piperazine rings is 1. The van der Waals surface area contributed by atoms with E-state index in [0.717, 1.165) is 43.2 Å². The van der Waals surface area contributed by atoms with Crippen LogP contribution in [0.25, 0.3) is 0 Å². The van der Waals surface area contributed by atoms with Crippen LogP contribution in [0.2, 0.25) is 10.0 Å². The van der Waals surface area contributed by atoms with Crippen LogP contribution >= 0.6 is 34.5 Å². The lowest BCUT2D eigenvalue weighted by Crippen LogP contribution is -2.46. The molecule has 0 amide bonds. The lowest BCUT2D eigenvalue weighted by atomic mass is 10.2. The molecule has 0 aliphatic carbocycles. The van der Waals surface area contributed by atoms with Gasteiger partial charge >= 0.3 is 0 Å². The molecule has 0 atom stereocenters. The van der Waals surface area contributed by atoms with Gasteiger partial charge in [-0.1, -0.05) is 23.2 Å². The number of hydrogen-bond acceptors (Lipinski definition) is 7. The van der Waals surface area contributed by atoms with Gasteiger partial charge in [-0.05, 0) is 42.8 Å². The van der Waals surface area contributed by atoms with Crippen LogP contribution in [-0.2, 0) is 0 Å². The average Bonchev–Trinajstić information content (AvgIpc) is 3.33. The van der Waals surface area contributed by atoms with Crippen LogP contribution in [0.4, 0.5) is 22.7 Å². The minimum Gasteiger partial charge on any atom is -0.495 e. The highest BCUT2D eigenvalue weighted by Crippen LogP contribution is 2.50. The zero-order valence-electron chi connectivity index (χ0n) is 18.3. The summed E-state index contributed by atoms with van der Waals surface area (Å²) in [5, 5.41) is 7.15. The third-order valence-corrected chi connectivity index (χ3v) is 6.86. The molecule has 4 rings (SSSR count). The van der Waals surface area contributed by atoms with Gasteiger partial charge in [-0.15, -0.1) is 0 Å². The van der Waals surface area contributed by atoms with Crippen LogP contribution in [0.3, 0.4) is 0 Å². The molecule has 2 aromatic carbocycles. The average molecular weight is 493 g/mol. The maximum absolute atomic E-state index is 6.75. The molecule has 0 saturated carbocycles. The zero-order chi connectivity index (χ0) is 22.7. The third-order valence-electron chi connectivity index (χ3n) is 5.45. The van der Waals surface area contributed by atoms with E-state index in [2.05, 4.69) is 52.0 Å². The monoisotopic (exact) mass is 492 g/mol. The molecule has 9 heteroatoms. The van der Waals surface area contributed by atoms with Gasteiger partial charge in [0.1, 0.15) is 21.5 Å². The molecule has 0 radical (unpaired) electrons. The zero-order valence-corrected chi connectivity index (χ0v) is 20.6. The number of halogens is 2. The van der Waals surface area contributed by atoms with Gasteiger partial charge in [0.05, 0.1) is 25.6 Å². The van der Waals surface area contributed by atoms with Crippen molar-refractivity contribution in [1.82, 2.24) is 9.91 Å². The molecule has 1 aromatic heterocycles. The van der Waals surface area contributed by atoms with Crippen molar-refractivity contribution in [2.45, 2.75) is 0 Å². The molecule has 3 aromatic rings. The lowest BCUT2D eigenvalue weighted by molar-refractivity contribution is 0.179. The summed E-state index contributed by atoms with van der Waals surface area (Å²) in [5.74, 6) is 0.994. The van der Waals surface area contributed by atoms with Crippen molar-refractivity contribution in [3.05, 3.63) is 57.2 Å². The highest BCUT2D eigenvalue weighted by molar-refractivity contribution is 7.08. The molecule has 1 aliphatic rings. The summed E-state index contributed by atoms with van der Waals surface area (Å²) in [4.78, 5) is 4.35. The molecule has 6 nitrogen and oxygen atoms in total. The van der Waals surface area contributed by atoms with Gasteiger partial charge in [0.2, 0.25) is 0 Å². The van der Waals surface area contributed by atoms with E-state index in [1.54, 1.807) is 31.6 Å². The Morgan fingerprint density at radius 3 is 2.06 bits per heavy atom. The number of methoxy groups -OCH3 is 2. The summed E-state index contributed by atoms with van der Waals surface area (Å²) in [7, 11) is 5.30. The second-order valence-corrected chi connectivity index (χ2v) is 9.06. The second kappa shape index (κ2) is 10.2. The van der Waals surface area contributed by atoms with E-state index in [9.17, 15) is 0 Å². The molecular formula is C23H26Cl2N4O2S. The van der Waals surface area contributed by atoms with E-state index in [1.165, 1.54) is 0 Å². The molecule has 2 heterocycles. The Hall–Kier alpha value is -2.16. The first-order chi connectivity index (χ1) is 15.5. The Bertz CT molecular complexity index is 1010. The normalized spacial score (nSPS) is 14.9. The Morgan fingerprint density at radius 2 is 1.53 bits per heavy atom. The minimum atomic E-state index is 0.420. The summed E-state index contributed by atoms with van der Waals surface area (Å²) in [6.07, 6.45) is 0. The Kier molecular flexibility index (Phi) is 7.33. The van der Waals surface area contributed by atoms with Gasteiger partial charge in [-0.3, -0.25) is 0 Å². The molecule has 0 unspecified atom stereocenters. The minimum absolute atomic E-state index is 0.420. The highest BCUT2D eigenvalue weighted by atomic mass is 35.5. The summed E-state index contributed by atoms with van der Waals surface area (Å²) in [6, 6.07) is 11.9. The molecule has 0 spiro atoms. The fraction of sp³-hybridized carbons (Fsp3) is 0.304. The standard InChI is InChI=1S/C23H26Cl2N4O2S/c1-27-9-11-28(12-10-27)26-16-4-6-17(7-5-16)29(18-8-13-32-15-18)23-21(24)19(30-2)14-20(31-3)22(23)25/h4-8,13-15,26H,9-12H2,1-3H3. The maximum Gasteiger partial charge on any atom is 0.143 e. The van der Waals surface area contributed by atoms with Gasteiger partial charge in [0.15, 0.2) is 0 Å². The van der Waals surface area contributed by atoms with Crippen molar-refractivity contribution in [3.63, 3.8) is 0 Å². The number of hydrogen-bond donors (Lipinski definition) is 1. The molecule has 1 fully saturated rings. The summed E-state index contributed by atoms with van der Waals surface area (Å²) in [5.41, 5.74) is 7.02. The van der Waals surface area contributed by atoms with Gasteiger partial charge in [0, 0.05) is 49.0 Å². The first kappa shape index (κ1) is 23.0. The largest absolute Gasteiger partial charge is 0.495 e. The molecule has 32 heavy (non-hydrogen) atoms. The number of hydrazine groups is 1. The topological polar surface area (TPSA) is 40.2 Å². The Balaban J connectivity index is 1.70. The van der Waals surface area contributed by atoms with E-state index in [0.29, 0.717) is 27.2 Å². The van der Waals surface area contributed by atoms with E-state index in [1.807, 2.05) is 16.3 Å². The first-order valence-electron chi connectivity index (χ1n) is 10.2. The maximum atomic E-state index is 6.75. The molecular weight excluding hydrogens is 467 g/mol. The molecule has 1 N–H and O–H groups in total. The molecule has 170 valence electrons. The van der Waals surface area contributed by atoms with Gasteiger partial charge in [-0.25, -0.2) is 5.01 Å². The molecule has 0 bridgehead atoms. The van der Waals surface area contributed by atoms with Crippen LogP contribution in [0, 0.1) is 0 Å². The van der Waals surface area contributed by atoms with Gasteiger partial charge < -0.3 is 24.7 Å². The quantitative estimate of drug-likeness (QED) is 0.428. The predicted molar refractivity (Wildman–Crippen MR) is 135 cm³/mol. The number of likely N-dealkylation sites (N-methyl/N-ethyl adjacent to an activating group) is 1. The van der Waals surface area contributed by atoms with Crippen LogP contribution in [0.5, 0.6) is 11.5 Å². The van der Waals surface area contributed by atoms with Crippen LogP contribution in [0.1, 0.15) is 0 Å². The smallest absolute Gasteiger partial charge is 0.143 e. The number of nitrogens with zero attached hydrogens (tertiary/aromatic N) is 3. The predicted octanol–water partition coefficient (Wildman–Crippen LogP) is 6.12. The fourth-order valence-corrected chi connectivity index (χ4v) is 4.94. The number of anilines is 4. The van der Waals surface area contributed by atoms with Crippen molar-refractivity contribution in [2.75, 3.05) is 57.8 Å². The van der Waals surface area contributed by atoms with E-state index >= 15 is 0 Å². The summed E-state index contributed by atoms with van der Waals surface area (Å²) < 4.78 is 11.0. The van der Waals surface area contributed by atoms with Crippen LogP contribution in [-0.4, -0.2) is 57.4 Å². The summed E-state index contributed by atoms with van der Waals surface area (Å²) >= 11 is 15.1. The lowest BCUT2D eigenvalue weighted by Gasteiger charge is -2.33. The van der Waals surface area contributed by atoms with Crippen molar-refractivity contribution < 1.29 is 9.47 Å². The van der Waals surface area contributed by atoms with E-state index in [-0.39, 0.29) is 0 Å². The summed E-state index contributed by atoms with van der Waals surface area (Å²) in [6.45, 7) is 4.06. The van der Waals surface area contributed by atoms with Gasteiger partial charge in [-0.2, -0.15) is 11.3 Å². The molecule has 1 aliphatic heterocycles. The van der Waals surface area contributed by atoms with Crippen molar-refractivity contribution >= 4 is 57.3 Å². The Morgan fingerprint density at radius 1 is 0.906 bits per heavy atom. The SMILES string of the molecule is COc1cc(OC)c(Cl)c(N(c2ccc(NN3CCN(C)CC3)cc2)c2ccsc2)c1Cl. The van der Waals surface area contributed by atoms with Crippen molar-refractivity contribution in [1.29, 1.82) is 0 Å². The first-order valence-corrected chi connectivity index (χ1v) is 11.9. The fourth-order valence-electron chi connectivity index (χ4n) is 3.65. The number of ether oxygens (including phenoxy) is 2. The number of thiophene rings is 1. The van der Waals surface area contributed by atoms with Crippen molar-refractivity contribution in [3.8, 4) is 11.5 Å². The van der Waals surface area contributed by atoms with Crippen LogP contribution < -0.4 is 19.8 Å². The third kappa shape index (κ3) is 4.77. The second-order valence-electron chi connectivity index (χ2n) is 7.52. The van der Waals surface area contributed by atoms with E-state index < -0.39 is 0 Å². The van der Waals surface area contributed by atoms with Crippen molar-refractivity contribution in [2.24, 2.45) is 0 Å². The van der Waals surface area contributed by atoms with Crippen LogP contribution in [0.15, 0.2) is 47.2 Å². The number of benzene rings is 2. The number of rotatable bonds is 7. The Labute approximate surface area is 202 Å². The number of nitrogens with one attached hydrogen (secondary N) is 1. The highest BCUT2D eigenvalue weighted by Gasteiger charge is 2.25.